The van der Waals surface area contributed by atoms with E-state index >= 15 is 0 Å². The lowest BCUT2D eigenvalue weighted by atomic mass is 10.00. The Kier molecular flexibility index (Phi) is 4.05. The fraction of sp³-hybridized carbons (Fsp3) is 0.647. The van der Waals surface area contributed by atoms with E-state index in [0.717, 1.165) is 25.3 Å². The maximum absolute atomic E-state index is 10.9. The zero-order valence-corrected chi connectivity index (χ0v) is 14.1. The Balaban J connectivity index is 1.47. The van der Waals surface area contributed by atoms with Crippen LogP contribution in [0.3, 0.4) is 0 Å². The maximum Gasteiger partial charge on any atom is 0.273 e. The molecule has 0 spiro atoms. The number of benzene rings is 1. The first-order valence-corrected chi connectivity index (χ1v) is 8.72. The summed E-state index contributed by atoms with van der Waals surface area (Å²) in [6.45, 7) is 6.01. The van der Waals surface area contributed by atoms with E-state index in [1.165, 1.54) is 25.9 Å². The number of non-ortho nitro benzene ring substituents is 1. The van der Waals surface area contributed by atoms with E-state index in [9.17, 15) is 10.1 Å². The molecule has 0 radical (unpaired) electrons. The van der Waals surface area contributed by atoms with Crippen LogP contribution in [0.2, 0.25) is 0 Å². The summed E-state index contributed by atoms with van der Waals surface area (Å²) in [6, 6.07) is 5.99. The third-order valence-electron chi connectivity index (χ3n) is 5.61. The normalized spacial score (nSPS) is 25.7. The largest absolute Gasteiger partial charge is 0.489 e. The van der Waals surface area contributed by atoms with Crippen molar-refractivity contribution in [3.8, 4) is 5.75 Å². The molecular weight excluding hydrogens is 308 g/mol. The van der Waals surface area contributed by atoms with Crippen molar-refractivity contribution in [1.29, 1.82) is 0 Å². The van der Waals surface area contributed by atoms with Gasteiger partial charge in [-0.25, -0.2) is 0 Å². The van der Waals surface area contributed by atoms with Crippen molar-refractivity contribution in [2.45, 2.75) is 24.9 Å². The van der Waals surface area contributed by atoms with Gasteiger partial charge in [-0.15, -0.1) is 0 Å². The highest BCUT2D eigenvalue weighted by molar-refractivity contribution is 5.64. The number of piperazine rings is 1. The number of likely N-dealkylation sites (tertiary alicyclic amines) is 1. The molecule has 1 aromatic carbocycles. The van der Waals surface area contributed by atoms with E-state index in [1.54, 1.807) is 12.1 Å². The first-order chi connectivity index (χ1) is 11.6. The highest BCUT2D eigenvalue weighted by Gasteiger charge is 2.36. The lowest BCUT2D eigenvalue weighted by molar-refractivity contribution is -0.384. The monoisotopic (exact) mass is 332 g/mol. The van der Waals surface area contributed by atoms with Gasteiger partial charge < -0.3 is 14.5 Å². The molecule has 24 heavy (non-hydrogen) atoms. The van der Waals surface area contributed by atoms with Crippen LogP contribution in [-0.2, 0) is 0 Å². The second-order valence-corrected chi connectivity index (χ2v) is 7.10. The topological polar surface area (TPSA) is 62.1 Å². The quantitative estimate of drug-likeness (QED) is 0.605. The van der Waals surface area contributed by atoms with E-state index in [0.29, 0.717) is 24.4 Å². The molecular formula is C17H24N4O3. The molecule has 0 saturated carbocycles. The SMILES string of the molecule is CN1CCC(N2CCN3c4ccc([N+](=O)[O-])cc4OC[C@@H]3C2)CC1. The minimum absolute atomic E-state index is 0.0946. The highest BCUT2D eigenvalue weighted by atomic mass is 16.6. The van der Waals surface area contributed by atoms with Crippen molar-refractivity contribution in [3.63, 3.8) is 0 Å². The van der Waals surface area contributed by atoms with Gasteiger partial charge in [0.2, 0.25) is 0 Å². The highest BCUT2D eigenvalue weighted by Crippen LogP contribution is 2.38. The predicted molar refractivity (Wildman–Crippen MR) is 91.8 cm³/mol. The molecule has 2 fully saturated rings. The molecule has 1 atom stereocenters. The van der Waals surface area contributed by atoms with Gasteiger partial charge in [0, 0.05) is 31.7 Å². The summed E-state index contributed by atoms with van der Waals surface area (Å²) in [7, 11) is 2.19. The number of piperidine rings is 1. The molecule has 0 N–H and O–H groups in total. The summed E-state index contributed by atoms with van der Waals surface area (Å²) in [5.74, 6) is 0.646. The molecule has 3 heterocycles. The predicted octanol–water partition coefficient (Wildman–Crippen LogP) is 1.57. The smallest absolute Gasteiger partial charge is 0.273 e. The van der Waals surface area contributed by atoms with Crippen molar-refractivity contribution in [3.05, 3.63) is 28.3 Å². The minimum Gasteiger partial charge on any atom is -0.489 e. The summed E-state index contributed by atoms with van der Waals surface area (Å²) >= 11 is 0. The number of fused-ring (bicyclic) bond motifs is 3. The van der Waals surface area contributed by atoms with Crippen LogP contribution < -0.4 is 9.64 Å². The summed E-state index contributed by atoms with van der Waals surface area (Å²) in [6.07, 6.45) is 2.49. The molecule has 0 aliphatic carbocycles. The van der Waals surface area contributed by atoms with Crippen molar-refractivity contribution in [1.82, 2.24) is 9.80 Å². The second kappa shape index (κ2) is 6.22. The molecule has 0 amide bonds. The van der Waals surface area contributed by atoms with Gasteiger partial charge in [-0.05, 0) is 39.0 Å². The third-order valence-corrected chi connectivity index (χ3v) is 5.61. The van der Waals surface area contributed by atoms with Crippen LogP contribution in [0.5, 0.6) is 5.75 Å². The summed E-state index contributed by atoms with van der Waals surface area (Å²) in [5, 5.41) is 10.9. The van der Waals surface area contributed by atoms with Gasteiger partial charge in [0.05, 0.1) is 22.7 Å². The molecule has 0 bridgehead atoms. The molecule has 3 aliphatic heterocycles. The average Bonchev–Trinajstić information content (AvgIpc) is 2.61. The van der Waals surface area contributed by atoms with Gasteiger partial charge >= 0.3 is 0 Å². The number of nitro groups is 1. The average molecular weight is 332 g/mol. The molecule has 3 aliphatic rings. The number of ether oxygens (including phenoxy) is 1. The lowest BCUT2D eigenvalue weighted by Gasteiger charge is -2.48. The van der Waals surface area contributed by atoms with Crippen LogP contribution in [0.1, 0.15) is 12.8 Å². The summed E-state index contributed by atoms with van der Waals surface area (Å²) < 4.78 is 5.86. The van der Waals surface area contributed by atoms with Crippen LogP contribution >= 0.6 is 0 Å². The Hall–Kier alpha value is -1.86. The van der Waals surface area contributed by atoms with Crippen molar-refractivity contribution in [2.75, 3.05) is 51.3 Å². The Labute approximate surface area is 141 Å². The standard InChI is InChI=1S/C17H24N4O3/c1-18-6-4-13(5-7-18)19-8-9-20-15(11-19)12-24-17-10-14(21(22)23)2-3-16(17)20/h2-3,10,13,15H,4-9,11-12H2,1H3/t15-/m0/s1. The van der Waals surface area contributed by atoms with E-state index in [-0.39, 0.29) is 10.6 Å². The van der Waals surface area contributed by atoms with Crippen LogP contribution in [-0.4, -0.2) is 73.2 Å². The summed E-state index contributed by atoms with van der Waals surface area (Å²) in [4.78, 5) is 18.0. The molecule has 4 rings (SSSR count). The molecule has 7 nitrogen and oxygen atoms in total. The first-order valence-electron chi connectivity index (χ1n) is 8.72. The van der Waals surface area contributed by atoms with Crippen molar-refractivity contribution >= 4 is 11.4 Å². The zero-order chi connectivity index (χ0) is 16.7. The Morgan fingerprint density at radius 1 is 1.17 bits per heavy atom. The van der Waals surface area contributed by atoms with E-state index in [2.05, 4.69) is 21.7 Å². The molecule has 7 heteroatoms. The number of nitrogens with zero attached hydrogens (tertiary/aromatic N) is 4. The maximum atomic E-state index is 10.9. The van der Waals surface area contributed by atoms with Gasteiger partial charge in [-0.1, -0.05) is 0 Å². The molecule has 0 unspecified atom stereocenters. The van der Waals surface area contributed by atoms with Gasteiger partial charge in [0.1, 0.15) is 12.4 Å². The van der Waals surface area contributed by atoms with Crippen LogP contribution in [0.4, 0.5) is 11.4 Å². The first kappa shape index (κ1) is 15.7. The Morgan fingerprint density at radius 3 is 2.71 bits per heavy atom. The minimum atomic E-state index is -0.367. The van der Waals surface area contributed by atoms with Gasteiger partial charge in [-0.3, -0.25) is 15.0 Å². The van der Waals surface area contributed by atoms with E-state index < -0.39 is 0 Å². The van der Waals surface area contributed by atoms with Crippen molar-refractivity contribution in [2.24, 2.45) is 0 Å². The van der Waals surface area contributed by atoms with Crippen LogP contribution in [0.15, 0.2) is 18.2 Å². The fourth-order valence-electron chi connectivity index (χ4n) is 4.19. The van der Waals surface area contributed by atoms with Crippen LogP contribution in [0, 0.1) is 10.1 Å². The van der Waals surface area contributed by atoms with Crippen LogP contribution in [0.25, 0.3) is 0 Å². The number of nitro benzene ring substituents is 1. The Morgan fingerprint density at radius 2 is 1.96 bits per heavy atom. The summed E-state index contributed by atoms with van der Waals surface area (Å²) in [5.41, 5.74) is 1.09. The molecule has 0 aromatic heterocycles. The number of anilines is 1. The molecule has 1 aromatic rings. The molecule has 2 saturated heterocycles. The number of hydrogen-bond donors (Lipinski definition) is 0. The number of rotatable bonds is 2. The fourth-order valence-corrected chi connectivity index (χ4v) is 4.19. The third kappa shape index (κ3) is 2.82. The lowest BCUT2D eigenvalue weighted by Crippen LogP contribution is -2.60. The molecule has 130 valence electrons. The van der Waals surface area contributed by atoms with Gasteiger partial charge in [0.25, 0.3) is 5.69 Å². The van der Waals surface area contributed by atoms with E-state index in [1.807, 2.05) is 6.07 Å². The Bertz CT molecular complexity index is 630. The second-order valence-electron chi connectivity index (χ2n) is 7.10. The van der Waals surface area contributed by atoms with E-state index in [4.69, 9.17) is 4.74 Å². The zero-order valence-electron chi connectivity index (χ0n) is 14.1. The van der Waals surface area contributed by atoms with Gasteiger partial charge in [-0.2, -0.15) is 0 Å². The number of hydrogen-bond acceptors (Lipinski definition) is 6. The van der Waals surface area contributed by atoms with Gasteiger partial charge in [0.15, 0.2) is 0 Å². The van der Waals surface area contributed by atoms with Crippen molar-refractivity contribution < 1.29 is 9.66 Å².